The van der Waals surface area contributed by atoms with Crippen LogP contribution in [-0.2, 0) is 0 Å². The fourth-order valence-electron chi connectivity index (χ4n) is 1.50. The van der Waals surface area contributed by atoms with Gasteiger partial charge in [-0.05, 0) is 34.7 Å². The minimum atomic E-state index is -0.406. The number of aliphatic hydroxyl groups is 1. The maximum Gasteiger partial charge on any atom is 0.255 e. The number of nitrogens with zero attached hydrogens (tertiary/aromatic N) is 1. The van der Waals surface area contributed by atoms with Gasteiger partial charge < -0.3 is 10.0 Å². The van der Waals surface area contributed by atoms with E-state index in [1.54, 1.807) is 17.0 Å². The Hall–Kier alpha value is -0.0400. The van der Waals surface area contributed by atoms with Crippen molar-refractivity contribution < 1.29 is 9.90 Å². The zero-order valence-corrected chi connectivity index (χ0v) is 11.8. The fourth-order valence-corrected chi connectivity index (χ4v) is 2.54. The highest BCUT2D eigenvalue weighted by Gasteiger charge is 2.30. The summed E-state index contributed by atoms with van der Waals surface area (Å²) in [6.07, 6.45) is -0.406. The number of carbonyl (C=O) groups is 1. The van der Waals surface area contributed by atoms with Crippen LogP contribution in [0.2, 0.25) is 10.0 Å². The molecule has 1 aromatic carbocycles. The quantitative estimate of drug-likeness (QED) is 0.608. The number of β-amino-alcohol motifs (C(OH)–C–C–N with tert-alkyl or cyclic N) is 1. The number of hydrogen-bond donors (Lipinski definition) is 1. The molecule has 16 heavy (non-hydrogen) atoms. The van der Waals surface area contributed by atoms with Crippen LogP contribution in [0, 0.1) is 3.57 Å². The molecular formula is C10H8Cl2INO2. The summed E-state index contributed by atoms with van der Waals surface area (Å²) in [6.45, 7) is 0.748. The Labute approximate surface area is 116 Å². The van der Waals surface area contributed by atoms with Gasteiger partial charge in [0.05, 0.1) is 16.7 Å². The maximum atomic E-state index is 12.0. The highest BCUT2D eigenvalue weighted by Crippen LogP contribution is 2.28. The molecule has 6 heteroatoms. The molecule has 1 amide bonds. The van der Waals surface area contributed by atoms with Gasteiger partial charge in [-0.25, -0.2) is 0 Å². The predicted octanol–water partition coefficient (Wildman–Crippen LogP) is 2.41. The second kappa shape index (κ2) is 4.68. The van der Waals surface area contributed by atoms with Gasteiger partial charge in [-0.2, -0.15) is 0 Å². The topological polar surface area (TPSA) is 40.5 Å². The summed E-state index contributed by atoms with van der Waals surface area (Å²) in [6, 6.07) is 3.20. The van der Waals surface area contributed by atoms with Crippen molar-refractivity contribution in [2.75, 3.05) is 13.1 Å². The fraction of sp³-hybridized carbons (Fsp3) is 0.300. The van der Waals surface area contributed by atoms with Gasteiger partial charge in [-0.1, -0.05) is 23.2 Å². The van der Waals surface area contributed by atoms with E-state index < -0.39 is 6.10 Å². The second-order valence-electron chi connectivity index (χ2n) is 3.61. The highest BCUT2D eigenvalue weighted by atomic mass is 127. The van der Waals surface area contributed by atoms with Gasteiger partial charge in [-0.3, -0.25) is 4.79 Å². The Morgan fingerprint density at radius 3 is 2.62 bits per heavy atom. The first kappa shape index (κ1) is 12.4. The minimum Gasteiger partial charge on any atom is -0.389 e. The van der Waals surface area contributed by atoms with Gasteiger partial charge in [0.2, 0.25) is 0 Å². The number of benzene rings is 1. The Balaban J connectivity index is 2.29. The predicted molar refractivity (Wildman–Crippen MR) is 71.1 cm³/mol. The third-order valence-electron chi connectivity index (χ3n) is 2.37. The van der Waals surface area contributed by atoms with Crippen LogP contribution >= 0.6 is 45.8 Å². The molecule has 0 unspecified atom stereocenters. The maximum absolute atomic E-state index is 12.0. The van der Waals surface area contributed by atoms with Gasteiger partial charge >= 0.3 is 0 Å². The van der Waals surface area contributed by atoms with E-state index in [0.717, 1.165) is 0 Å². The van der Waals surface area contributed by atoms with E-state index in [4.69, 9.17) is 28.3 Å². The van der Waals surface area contributed by atoms with E-state index in [9.17, 15) is 4.79 Å². The smallest absolute Gasteiger partial charge is 0.255 e. The van der Waals surface area contributed by atoms with Crippen molar-refractivity contribution in [3.63, 3.8) is 0 Å². The normalized spacial score (nSPS) is 16.1. The van der Waals surface area contributed by atoms with Crippen LogP contribution in [0.3, 0.4) is 0 Å². The first-order chi connectivity index (χ1) is 7.49. The van der Waals surface area contributed by atoms with Crippen molar-refractivity contribution in [3.05, 3.63) is 31.3 Å². The van der Waals surface area contributed by atoms with Crippen LogP contribution in [0.15, 0.2) is 12.1 Å². The number of amides is 1. The van der Waals surface area contributed by atoms with Crippen LogP contribution in [-0.4, -0.2) is 35.1 Å². The summed E-state index contributed by atoms with van der Waals surface area (Å²) in [5.74, 6) is -0.140. The molecule has 0 spiro atoms. The lowest BCUT2D eigenvalue weighted by atomic mass is 10.1. The van der Waals surface area contributed by atoms with Gasteiger partial charge in [0.1, 0.15) is 0 Å². The summed E-state index contributed by atoms with van der Waals surface area (Å²) in [4.78, 5) is 13.6. The SMILES string of the molecule is O=C(c1cc(Cl)cc(Cl)c1I)N1CC(O)C1. The van der Waals surface area contributed by atoms with E-state index in [1.807, 2.05) is 22.6 Å². The third-order valence-corrected chi connectivity index (χ3v) is 4.37. The first-order valence-electron chi connectivity index (χ1n) is 4.61. The molecule has 1 saturated heterocycles. The highest BCUT2D eigenvalue weighted by molar-refractivity contribution is 14.1. The van der Waals surface area contributed by atoms with Crippen molar-refractivity contribution in [1.82, 2.24) is 4.90 Å². The molecular weight excluding hydrogens is 364 g/mol. The number of hydrogen-bond acceptors (Lipinski definition) is 2. The van der Waals surface area contributed by atoms with Crippen LogP contribution in [0.1, 0.15) is 10.4 Å². The zero-order chi connectivity index (χ0) is 11.9. The third kappa shape index (κ3) is 2.30. The van der Waals surface area contributed by atoms with Crippen molar-refractivity contribution >= 4 is 51.7 Å². The van der Waals surface area contributed by atoms with Crippen molar-refractivity contribution in [3.8, 4) is 0 Å². The average Bonchev–Trinajstić information content (AvgIpc) is 2.18. The number of halogens is 3. The number of carbonyl (C=O) groups excluding carboxylic acids is 1. The molecule has 1 aliphatic rings. The number of likely N-dealkylation sites (tertiary alicyclic amines) is 1. The molecule has 1 fully saturated rings. The molecule has 0 bridgehead atoms. The summed E-state index contributed by atoms with van der Waals surface area (Å²) in [5.41, 5.74) is 0.491. The molecule has 1 N–H and O–H groups in total. The lowest BCUT2D eigenvalue weighted by Gasteiger charge is -2.36. The molecule has 0 aliphatic carbocycles. The summed E-state index contributed by atoms with van der Waals surface area (Å²) < 4.78 is 0.690. The van der Waals surface area contributed by atoms with Crippen molar-refractivity contribution in [2.45, 2.75) is 6.10 Å². The average molecular weight is 372 g/mol. The van der Waals surface area contributed by atoms with Crippen LogP contribution in [0.4, 0.5) is 0 Å². The van der Waals surface area contributed by atoms with Crippen molar-refractivity contribution in [1.29, 1.82) is 0 Å². The zero-order valence-electron chi connectivity index (χ0n) is 8.08. The Morgan fingerprint density at radius 2 is 2.06 bits per heavy atom. The molecule has 86 valence electrons. The Morgan fingerprint density at radius 1 is 1.44 bits per heavy atom. The second-order valence-corrected chi connectivity index (χ2v) is 5.54. The summed E-state index contributed by atoms with van der Waals surface area (Å²) >= 11 is 13.8. The van der Waals surface area contributed by atoms with E-state index >= 15 is 0 Å². The van der Waals surface area contributed by atoms with Crippen LogP contribution in [0.5, 0.6) is 0 Å². The summed E-state index contributed by atoms with van der Waals surface area (Å²) in [5, 5.41) is 10.1. The molecule has 2 rings (SSSR count). The van der Waals surface area contributed by atoms with E-state index in [2.05, 4.69) is 0 Å². The summed E-state index contributed by atoms with van der Waals surface area (Å²) in [7, 11) is 0. The molecule has 0 aromatic heterocycles. The molecule has 3 nitrogen and oxygen atoms in total. The van der Waals surface area contributed by atoms with E-state index in [-0.39, 0.29) is 5.91 Å². The minimum absolute atomic E-state index is 0.140. The van der Waals surface area contributed by atoms with E-state index in [1.165, 1.54) is 0 Å². The van der Waals surface area contributed by atoms with Gasteiger partial charge in [0.15, 0.2) is 0 Å². The first-order valence-corrected chi connectivity index (χ1v) is 6.44. The van der Waals surface area contributed by atoms with Crippen LogP contribution < -0.4 is 0 Å². The molecule has 0 radical (unpaired) electrons. The molecule has 1 heterocycles. The lowest BCUT2D eigenvalue weighted by Crippen LogP contribution is -2.53. The number of aliphatic hydroxyl groups excluding tert-OH is 1. The van der Waals surface area contributed by atoms with Crippen molar-refractivity contribution in [2.24, 2.45) is 0 Å². The van der Waals surface area contributed by atoms with Crippen LogP contribution in [0.25, 0.3) is 0 Å². The standard InChI is InChI=1S/C10H8Cl2INO2/c11-5-1-7(9(13)8(12)2-5)10(16)14-3-6(15)4-14/h1-2,6,15H,3-4H2. The molecule has 1 aliphatic heterocycles. The van der Waals surface area contributed by atoms with E-state index in [0.29, 0.717) is 32.3 Å². The Bertz CT molecular complexity index is 447. The molecule has 1 aromatic rings. The number of rotatable bonds is 1. The Kier molecular flexibility index (Phi) is 3.63. The molecule has 0 atom stereocenters. The van der Waals surface area contributed by atoms with Gasteiger partial charge in [0, 0.05) is 21.7 Å². The van der Waals surface area contributed by atoms with Gasteiger partial charge in [0.25, 0.3) is 5.91 Å². The largest absolute Gasteiger partial charge is 0.389 e. The lowest BCUT2D eigenvalue weighted by molar-refractivity contribution is 0.00582. The monoisotopic (exact) mass is 371 g/mol. The van der Waals surface area contributed by atoms with Gasteiger partial charge in [-0.15, -0.1) is 0 Å². The molecule has 0 saturated carbocycles.